The number of benzene rings is 2. The number of rotatable bonds is 4. The van der Waals surface area contributed by atoms with E-state index >= 15 is 0 Å². The quantitative estimate of drug-likeness (QED) is 0.542. The number of hydrogen-bond acceptors (Lipinski definition) is 3. The molecule has 2 aromatic heterocycles. The molecule has 0 saturated heterocycles. The number of nitrogens with zero attached hydrogens (tertiary/aromatic N) is 3. The molecule has 0 saturated carbocycles. The standard InChI is InChI=1S/C26H24N4O2/c1-29-16-21(18-10-5-6-13-22(18)29)24-23(25(31)28-15-17-9-7-8-14-27-17)19-11-3-4-12-20(19)26(32)30(24)2/h3-14,16,23-24H,15H2,1-2H3,(H,28,31). The molecule has 0 fully saturated rings. The van der Waals surface area contributed by atoms with Crippen LogP contribution in [0, 0.1) is 0 Å². The third-order valence-electron chi connectivity index (χ3n) is 6.28. The molecule has 4 aromatic rings. The van der Waals surface area contributed by atoms with Gasteiger partial charge in [0.1, 0.15) is 0 Å². The molecule has 32 heavy (non-hydrogen) atoms. The Labute approximate surface area is 186 Å². The zero-order valence-corrected chi connectivity index (χ0v) is 18.0. The van der Waals surface area contributed by atoms with Gasteiger partial charge >= 0.3 is 0 Å². The molecular weight excluding hydrogens is 400 g/mol. The molecule has 2 aromatic carbocycles. The third kappa shape index (κ3) is 3.24. The summed E-state index contributed by atoms with van der Waals surface area (Å²) < 4.78 is 2.05. The summed E-state index contributed by atoms with van der Waals surface area (Å²) in [6.45, 7) is 0.332. The molecule has 160 valence electrons. The van der Waals surface area contributed by atoms with Crippen molar-refractivity contribution in [1.82, 2.24) is 19.8 Å². The fourth-order valence-electron chi connectivity index (χ4n) is 4.74. The van der Waals surface area contributed by atoms with Crippen LogP contribution in [0.2, 0.25) is 0 Å². The van der Waals surface area contributed by atoms with E-state index in [2.05, 4.69) is 10.3 Å². The molecule has 3 heterocycles. The van der Waals surface area contributed by atoms with Gasteiger partial charge in [0.25, 0.3) is 5.91 Å². The molecule has 0 radical (unpaired) electrons. The van der Waals surface area contributed by atoms with Crippen LogP contribution in [0.15, 0.2) is 79.1 Å². The Hall–Kier alpha value is -3.93. The van der Waals surface area contributed by atoms with Crippen molar-refractivity contribution < 1.29 is 9.59 Å². The number of para-hydroxylation sites is 1. The Morgan fingerprint density at radius 3 is 2.53 bits per heavy atom. The lowest BCUT2D eigenvalue weighted by atomic mass is 9.79. The number of fused-ring (bicyclic) bond motifs is 2. The highest BCUT2D eigenvalue weighted by molar-refractivity contribution is 6.02. The van der Waals surface area contributed by atoms with Gasteiger partial charge in [0, 0.05) is 48.5 Å². The molecule has 0 spiro atoms. The number of nitrogens with one attached hydrogen (secondary N) is 1. The van der Waals surface area contributed by atoms with Crippen molar-refractivity contribution in [2.24, 2.45) is 7.05 Å². The Kier molecular flexibility index (Phi) is 4.98. The van der Waals surface area contributed by atoms with E-state index in [0.29, 0.717) is 12.1 Å². The summed E-state index contributed by atoms with van der Waals surface area (Å²) >= 11 is 0. The van der Waals surface area contributed by atoms with Gasteiger partial charge in [0.05, 0.1) is 24.2 Å². The van der Waals surface area contributed by atoms with Gasteiger partial charge in [-0.25, -0.2) is 0 Å². The molecule has 5 rings (SSSR count). The van der Waals surface area contributed by atoms with Crippen molar-refractivity contribution in [2.75, 3.05) is 7.05 Å². The Bertz CT molecular complexity index is 1310. The summed E-state index contributed by atoms with van der Waals surface area (Å²) in [5.41, 5.74) is 4.15. The summed E-state index contributed by atoms with van der Waals surface area (Å²) in [6.07, 6.45) is 3.74. The molecule has 0 bridgehead atoms. The number of amides is 2. The van der Waals surface area contributed by atoms with Crippen LogP contribution in [0.3, 0.4) is 0 Å². The molecule has 1 aliphatic heterocycles. The smallest absolute Gasteiger partial charge is 0.254 e. The summed E-state index contributed by atoms with van der Waals surface area (Å²) in [7, 11) is 3.77. The normalized spacial score (nSPS) is 17.9. The number of aromatic nitrogens is 2. The highest BCUT2D eigenvalue weighted by atomic mass is 16.2. The second kappa shape index (κ2) is 7.96. The van der Waals surface area contributed by atoms with Crippen LogP contribution in [0.25, 0.3) is 10.9 Å². The molecule has 2 amide bonds. The minimum absolute atomic E-state index is 0.0766. The first-order valence-corrected chi connectivity index (χ1v) is 10.6. The van der Waals surface area contributed by atoms with Gasteiger partial charge < -0.3 is 14.8 Å². The minimum Gasteiger partial charge on any atom is -0.350 e. The SMILES string of the molecule is CN1C(=O)c2ccccc2C(C(=O)NCc2ccccn2)C1c1cn(C)c2ccccc12. The van der Waals surface area contributed by atoms with Crippen molar-refractivity contribution in [3.8, 4) is 0 Å². The average molecular weight is 425 g/mol. The number of carbonyl (C=O) groups excluding carboxylic acids is 2. The first kappa shape index (κ1) is 20.0. The fourth-order valence-corrected chi connectivity index (χ4v) is 4.74. The van der Waals surface area contributed by atoms with E-state index < -0.39 is 12.0 Å². The van der Waals surface area contributed by atoms with Crippen molar-refractivity contribution in [1.29, 1.82) is 0 Å². The number of likely N-dealkylation sites (N-methyl/N-ethyl adjacent to an activating group) is 1. The lowest BCUT2D eigenvalue weighted by molar-refractivity contribution is -0.124. The summed E-state index contributed by atoms with van der Waals surface area (Å²) in [4.78, 5) is 32.9. The summed E-state index contributed by atoms with van der Waals surface area (Å²) in [6, 6.07) is 20.7. The predicted octanol–water partition coefficient (Wildman–Crippen LogP) is 3.80. The van der Waals surface area contributed by atoms with Gasteiger partial charge in [0.2, 0.25) is 5.91 Å². The van der Waals surface area contributed by atoms with Crippen LogP contribution in [-0.2, 0) is 18.4 Å². The lowest BCUT2D eigenvalue weighted by Crippen LogP contribution is -2.45. The number of pyridine rings is 1. The molecule has 2 unspecified atom stereocenters. The summed E-state index contributed by atoms with van der Waals surface area (Å²) in [5, 5.41) is 4.10. The molecule has 0 aliphatic carbocycles. The van der Waals surface area contributed by atoms with Crippen LogP contribution in [-0.4, -0.2) is 33.3 Å². The molecule has 1 aliphatic rings. The fraction of sp³-hybridized carbons (Fsp3) is 0.192. The van der Waals surface area contributed by atoms with E-state index in [1.165, 1.54) is 0 Å². The average Bonchev–Trinajstić information content (AvgIpc) is 3.16. The largest absolute Gasteiger partial charge is 0.350 e. The van der Waals surface area contributed by atoms with Crippen molar-refractivity contribution in [2.45, 2.75) is 18.5 Å². The van der Waals surface area contributed by atoms with Gasteiger partial charge in [-0.05, 0) is 29.8 Å². The second-order valence-corrected chi connectivity index (χ2v) is 8.18. The third-order valence-corrected chi connectivity index (χ3v) is 6.28. The minimum atomic E-state index is -0.539. The molecule has 6 heteroatoms. The van der Waals surface area contributed by atoms with E-state index in [1.807, 2.05) is 78.5 Å². The van der Waals surface area contributed by atoms with E-state index in [4.69, 9.17) is 0 Å². The van der Waals surface area contributed by atoms with Gasteiger partial charge in [-0.15, -0.1) is 0 Å². The van der Waals surface area contributed by atoms with Crippen molar-refractivity contribution >= 4 is 22.7 Å². The second-order valence-electron chi connectivity index (χ2n) is 8.18. The van der Waals surface area contributed by atoms with Gasteiger partial charge in [-0.3, -0.25) is 14.6 Å². The van der Waals surface area contributed by atoms with Crippen LogP contribution in [0.5, 0.6) is 0 Å². The number of aryl methyl sites for hydroxylation is 1. The number of hydrogen-bond donors (Lipinski definition) is 1. The van der Waals surface area contributed by atoms with E-state index in [-0.39, 0.29) is 11.8 Å². The number of carbonyl (C=O) groups is 2. The van der Waals surface area contributed by atoms with Crippen LogP contribution in [0.1, 0.15) is 39.1 Å². The van der Waals surface area contributed by atoms with Crippen LogP contribution >= 0.6 is 0 Å². The molecule has 2 atom stereocenters. The van der Waals surface area contributed by atoms with E-state index in [9.17, 15) is 9.59 Å². The van der Waals surface area contributed by atoms with Gasteiger partial charge in [-0.1, -0.05) is 42.5 Å². The maximum atomic E-state index is 13.6. The zero-order chi connectivity index (χ0) is 22.2. The zero-order valence-electron chi connectivity index (χ0n) is 18.0. The monoisotopic (exact) mass is 424 g/mol. The molecule has 1 N–H and O–H groups in total. The highest BCUT2D eigenvalue weighted by Gasteiger charge is 2.43. The first-order valence-electron chi connectivity index (χ1n) is 10.6. The van der Waals surface area contributed by atoms with Crippen LogP contribution in [0.4, 0.5) is 0 Å². The van der Waals surface area contributed by atoms with Gasteiger partial charge in [-0.2, -0.15) is 0 Å². The first-order chi connectivity index (χ1) is 15.6. The van der Waals surface area contributed by atoms with Gasteiger partial charge in [0.15, 0.2) is 0 Å². The summed E-state index contributed by atoms with van der Waals surface area (Å²) in [5.74, 6) is -0.740. The van der Waals surface area contributed by atoms with Crippen LogP contribution < -0.4 is 5.32 Å². The Balaban J connectivity index is 1.61. The maximum absolute atomic E-state index is 13.6. The van der Waals surface area contributed by atoms with Crippen molar-refractivity contribution in [3.63, 3.8) is 0 Å². The van der Waals surface area contributed by atoms with E-state index in [0.717, 1.165) is 27.7 Å². The molecule has 6 nitrogen and oxygen atoms in total. The molecular formula is C26H24N4O2. The Morgan fingerprint density at radius 1 is 0.969 bits per heavy atom. The predicted molar refractivity (Wildman–Crippen MR) is 123 cm³/mol. The lowest BCUT2D eigenvalue weighted by Gasteiger charge is -2.39. The topological polar surface area (TPSA) is 67.2 Å². The maximum Gasteiger partial charge on any atom is 0.254 e. The Morgan fingerprint density at radius 2 is 1.72 bits per heavy atom. The highest BCUT2D eigenvalue weighted by Crippen LogP contribution is 2.44. The van der Waals surface area contributed by atoms with E-state index in [1.54, 1.807) is 24.2 Å². The van der Waals surface area contributed by atoms with Crippen molar-refractivity contribution in [3.05, 3.63) is 102 Å².